The summed E-state index contributed by atoms with van der Waals surface area (Å²) < 4.78 is 11.4. The molecule has 4 heteroatoms. The van der Waals surface area contributed by atoms with Crippen molar-refractivity contribution in [2.24, 2.45) is 0 Å². The lowest BCUT2D eigenvalue weighted by Gasteiger charge is -2.29. The molecule has 0 fully saturated rings. The first kappa shape index (κ1) is 15.0. The third-order valence-electron chi connectivity index (χ3n) is 4.52. The summed E-state index contributed by atoms with van der Waals surface area (Å²) in [5.41, 5.74) is 3.55. The minimum absolute atomic E-state index is 0.310. The highest BCUT2D eigenvalue weighted by atomic mass is 16.5. The predicted octanol–water partition coefficient (Wildman–Crippen LogP) is 3.50. The maximum absolute atomic E-state index is 11.8. The Hall–Kier alpha value is -2.59. The zero-order valence-corrected chi connectivity index (χ0v) is 13.6. The van der Waals surface area contributed by atoms with E-state index in [1.54, 1.807) is 0 Å². The van der Waals surface area contributed by atoms with Gasteiger partial charge in [-0.25, -0.2) is 4.79 Å². The molecule has 24 heavy (non-hydrogen) atoms. The van der Waals surface area contributed by atoms with Crippen LogP contribution in [0, 0.1) is 6.92 Å². The summed E-state index contributed by atoms with van der Waals surface area (Å²) in [4.78, 5) is 14.0. The van der Waals surface area contributed by atoms with Crippen LogP contribution in [-0.4, -0.2) is 18.2 Å². The maximum atomic E-state index is 11.8. The van der Waals surface area contributed by atoms with E-state index in [4.69, 9.17) is 9.15 Å². The molecule has 2 aromatic carbocycles. The molecule has 0 unspecified atom stereocenters. The molecule has 1 aromatic heterocycles. The molecule has 0 aliphatic carbocycles. The molecule has 0 N–H and O–H groups in total. The average Bonchev–Trinajstić information content (AvgIpc) is 2.60. The number of rotatable bonds is 3. The molecule has 4 nitrogen and oxygen atoms in total. The van der Waals surface area contributed by atoms with Gasteiger partial charge in [0.25, 0.3) is 0 Å². The van der Waals surface area contributed by atoms with Gasteiger partial charge in [0.1, 0.15) is 18.1 Å². The number of fused-ring (bicyclic) bond motifs is 3. The Morgan fingerprint density at radius 3 is 2.79 bits per heavy atom. The third-order valence-corrected chi connectivity index (χ3v) is 4.52. The van der Waals surface area contributed by atoms with E-state index < -0.39 is 0 Å². The lowest BCUT2D eigenvalue weighted by atomic mass is 10.0. The summed E-state index contributed by atoms with van der Waals surface area (Å²) >= 11 is 0. The van der Waals surface area contributed by atoms with Crippen LogP contribution in [-0.2, 0) is 13.0 Å². The maximum Gasteiger partial charge on any atom is 0.336 e. The van der Waals surface area contributed by atoms with Crippen molar-refractivity contribution in [1.82, 2.24) is 4.90 Å². The molecule has 0 saturated heterocycles. The SMILES string of the molecule is Cc1cc(=O)oc2c3c(ccc12)OCN(CCc1ccccc1)C3. The van der Waals surface area contributed by atoms with Crippen LogP contribution in [0.2, 0.25) is 0 Å². The first-order valence-electron chi connectivity index (χ1n) is 8.16. The topological polar surface area (TPSA) is 42.7 Å². The van der Waals surface area contributed by atoms with Gasteiger partial charge in [-0.3, -0.25) is 4.90 Å². The summed E-state index contributed by atoms with van der Waals surface area (Å²) in [6.07, 6.45) is 0.966. The van der Waals surface area contributed by atoms with E-state index in [0.29, 0.717) is 12.3 Å². The second kappa shape index (κ2) is 6.13. The van der Waals surface area contributed by atoms with Crippen molar-refractivity contribution in [2.75, 3.05) is 13.3 Å². The quantitative estimate of drug-likeness (QED) is 0.693. The van der Waals surface area contributed by atoms with Crippen molar-refractivity contribution in [1.29, 1.82) is 0 Å². The average molecular weight is 321 g/mol. The third kappa shape index (κ3) is 2.81. The number of ether oxygens (including phenoxy) is 1. The standard InChI is InChI=1S/C20H19NO3/c1-14-11-19(22)24-20-16(14)7-8-18-17(20)12-21(13-23-18)10-9-15-5-3-2-4-6-15/h2-8,11H,9-10,12-13H2,1H3. The number of nitrogens with zero attached hydrogens (tertiary/aromatic N) is 1. The number of hydrogen-bond donors (Lipinski definition) is 0. The molecular weight excluding hydrogens is 302 g/mol. The number of hydrogen-bond acceptors (Lipinski definition) is 4. The van der Waals surface area contributed by atoms with Gasteiger partial charge >= 0.3 is 5.63 Å². The fourth-order valence-corrected chi connectivity index (χ4v) is 3.21. The van der Waals surface area contributed by atoms with Gasteiger partial charge in [0.2, 0.25) is 0 Å². The summed E-state index contributed by atoms with van der Waals surface area (Å²) in [7, 11) is 0. The molecule has 1 aliphatic rings. The second-order valence-corrected chi connectivity index (χ2v) is 6.23. The van der Waals surface area contributed by atoms with E-state index in [0.717, 1.165) is 41.8 Å². The van der Waals surface area contributed by atoms with Gasteiger partial charge in [-0.15, -0.1) is 0 Å². The zero-order chi connectivity index (χ0) is 16.5. The van der Waals surface area contributed by atoms with Crippen LogP contribution in [0.25, 0.3) is 11.0 Å². The van der Waals surface area contributed by atoms with Crippen molar-refractivity contribution >= 4 is 11.0 Å². The van der Waals surface area contributed by atoms with E-state index in [-0.39, 0.29) is 5.63 Å². The summed E-state index contributed by atoms with van der Waals surface area (Å²) in [6.45, 7) is 4.12. The van der Waals surface area contributed by atoms with E-state index in [1.165, 1.54) is 11.6 Å². The Kier molecular flexibility index (Phi) is 3.82. The van der Waals surface area contributed by atoms with Gasteiger partial charge in [0, 0.05) is 24.5 Å². The first-order chi connectivity index (χ1) is 11.7. The molecule has 3 aromatic rings. The Morgan fingerprint density at radius 2 is 1.96 bits per heavy atom. The number of aryl methyl sites for hydroxylation is 1. The largest absolute Gasteiger partial charge is 0.478 e. The van der Waals surface area contributed by atoms with Gasteiger partial charge in [0.15, 0.2) is 0 Å². The molecule has 0 bridgehead atoms. The molecule has 0 spiro atoms. The van der Waals surface area contributed by atoms with E-state index in [1.807, 2.05) is 25.1 Å². The van der Waals surface area contributed by atoms with E-state index in [9.17, 15) is 4.79 Å². The Morgan fingerprint density at radius 1 is 1.12 bits per heavy atom. The second-order valence-electron chi connectivity index (χ2n) is 6.23. The first-order valence-corrected chi connectivity index (χ1v) is 8.16. The lowest BCUT2D eigenvalue weighted by molar-refractivity contribution is 0.0968. The van der Waals surface area contributed by atoms with Crippen LogP contribution in [0.5, 0.6) is 5.75 Å². The highest BCUT2D eigenvalue weighted by Crippen LogP contribution is 2.32. The van der Waals surface area contributed by atoms with Crippen molar-refractivity contribution in [3.63, 3.8) is 0 Å². The van der Waals surface area contributed by atoms with Gasteiger partial charge in [-0.2, -0.15) is 0 Å². The molecule has 0 atom stereocenters. The van der Waals surface area contributed by atoms with Gasteiger partial charge in [-0.05, 0) is 36.6 Å². The Balaban J connectivity index is 1.61. The highest BCUT2D eigenvalue weighted by Gasteiger charge is 2.21. The lowest BCUT2D eigenvalue weighted by Crippen LogP contribution is -2.33. The van der Waals surface area contributed by atoms with Crippen molar-refractivity contribution in [3.05, 3.63) is 75.6 Å². The minimum atomic E-state index is -0.310. The molecule has 0 amide bonds. The van der Waals surface area contributed by atoms with Crippen LogP contribution in [0.3, 0.4) is 0 Å². The predicted molar refractivity (Wildman–Crippen MR) is 93.3 cm³/mol. The van der Waals surface area contributed by atoms with Gasteiger partial charge in [-0.1, -0.05) is 30.3 Å². The smallest absolute Gasteiger partial charge is 0.336 e. The van der Waals surface area contributed by atoms with Crippen molar-refractivity contribution < 1.29 is 9.15 Å². The summed E-state index contributed by atoms with van der Waals surface area (Å²) in [5.74, 6) is 0.812. The van der Waals surface area contributed by atoms with Crippen LogP contribution in [0.1, 0.15) is 16.7 Å². The monoisotopic (exact) mass is 321 g/mol. The molecule has 2 heterocycles. The van der Waals surface area contributed by atoms with Gasteiger partial charge in [0.05, 0.1) is 5.56 Å². The highest BCUT2D eigenvalue weighted by molar-refractivity contribution is 5.85. The fourth-order valence-electron chi connectivity index (χ4n) is 3.21. The summed E-state index contributed by atoms with van der Waals surface area (Å²) in [6, 6.07) is 15.9. The van der Waals surface area contributed by atoms with Crippen LogP contribution in [0.15, 0.2) is 57.7 Å². The Labute approximate surface area is 140 Å². The van der Waals surface area contributed by atoms with Gasteiger partial charge < -0.3 is 9.15 Å². The number of benzene rings is 2. The fraction of sp³-hybridized carbons (Fsp3) is 0.250. The zero-order valence-electron chi connectivity index (χ0n) is 13.6. The molecule has 0 radical (unpaired) electrons. The van der Waals surface area contributed by atoms with Crippen LogP contribution < -0.4 is 10.4 Å². The van der Waals surface area contributed by atoms with E-state index in [2.05, 4.69) is 29.2 Å². The molecule has 1 aliphatic heterocycles. The van der Waals surface area contributed by atoms with Crippen molar-refractivity contribution in [2.45, 2.75) is 19.9 Å². The van der Waals surface area contributed by atoms with Crippen LogP contribution >= 0.6 is 0 Å². The Bertz CT molecular complexity index is 931. The normalized spacial score (nSPS) is 14.4. The van der Waals surface area contributed by atoms with E-state index >= 15 is 0 Å². The molecule has 0 saturated carbocycles. The minimum Gasteiger partial charge on any atom is -0.478 e. The van der Waals surface area contributed by atoms with Crippen LogP contribution in [0.4, 0.5) is 0 Å². The molecule has 122 valence electrons. The molecular formula is C20H19NO3. The van der Waals surface area contributed by atoms with Crippen molar-refractivity contribution in [3.8, 4) is 5.75 Å². The summed E-state index contributed by atoms with van der Waals surface area (Å²) in [5, 5.41) is 0.974. The molecule has 4 rings (SSSR count).